The Kier molecular flexibility index (Phi) is 5.69. The maximum atomic E-state index is 5.91. The molecule has 0 radical (unpaired) electrons. The molecule has 0 heterocycles. The lowest BCUT2D eigenvalue weighted by atomic mass is 10.1. The van der Waals surface area contributed by atoms with Crippen molar-refractivity contribution in [3.63, 3.8) is 0 Å². The monoisotopic (exact) mass is 226 g/mol. The van der Waals surface area contributed by atoms with E-state index < -0.39 is 0 Å². The van der Waals surface area contributed by atoms with Gasteiger partial charge in [0.05, 0.1) is 0 Å². The van der Waals surface area contributed by atoms with E-state index >= 15 is 0 Å². The molecule has 1 unspecified atom stereocenters. The van der Waals surface area contributed by atoms with E-state index in [2.05, 4.69) is 23.6 Å². The SMILES string of the molecule is CNCC(C)NCCc1cccc(Cl)c1. The first-order valence-corrected chi connectivity index (χ1v) is 5.72. The maximum Gasteiger partial charge on any atom is 0.0408 e. The van der Waals surface area contributed by atoms with Gasteiger partial charge < -0.3 is 10.6 Å². The fourth-order valence-electron chi connectivity index (χ4n) is 1.53. The second-order valence-electron chi connectivity index (χ2n) is 3.79. The van der Waals surface area contributed by atoms with E-state index in [1.165, 1.54) is 5.56 Å². The lowest BCUT2D eigenvalue weighted by Crippen LogP contribution is -2.35. The lowest BCUT2D eigenvalue weighted by Gasteiger charge is -2.12. The number of rotatable bonds is 6. The molecular formula is C12H19ClN2. The van der Waals surface area contributed by atoms with Crippen LogP contribution in [0.4, 0.5) is 0 Å². The highest BCUT2D eigenvalue weighted by molar-refractivity contribution is 6.30. The van der Waals surface area contributed by atoms with Gasteiger partial charge in [0, 0.05) is 17.6 Å². The summed E-state index contributed by atoms with van der Waals surface area (Å²) in [6, 6.07) is 8.54. The molecule has 0 saturated heterocycles. The Bertz CT molecular complexity index is 289. The Hall–Kier alpha value is -0.570. The molecular weight excluding hydrogens is 208 g/mol. The zero-order chi connectivity index (χ0) is 11.1. The molecule has 0 amide bonds. The number of benzene rings is 1. The van der Waals surface area contributed by atoms with Gasteiger partial charge in [-0.15, -0.1) is 0 Å². The van der Waals surface area contributed by atoms with E-state index in [4.69, 9.17) is 11.6 Å². The van der Waals surface area contributed by atoms with Gasteiger partial charge in [-0.3, -0.25) is 0 Å². The van der Waals surface area contributed by atoms with Crippen molar-refractivity contribution in [3.8, 4) is 0 Å². The summed E-state index contributed by atoms with van der Waals surface area (Å²) in [5.74, 6) is 0. The van der Waals surface area contributed by atoms with E-state index in [1.54, 1.807) is 0 Å². The summed E-state index contributed by atoms with van der Waals surface area (Å²) in [5.41, 5.74) is 1.28. The van der Waals surface area contributed by atoms with Crippen molar-refractivity contribution in [3.05, 3.63) is 34.9 Å². The number of hydrogen-bond donors (Lipinski definition) is 2. The molecule has 0 spiro atoms. The first-order valence-electron chi connectivity index (χ1n) is 5.35. The first-order chi connectivity index (χ1) is 7.22. The molecule has 0 aliphatic carbocycles. The second-order valence-corrected chi connectivity index (χ2v) is 4.23. The summed E-state index contributed by atoms with van der Waals surface area (Å²) < 4.78 is 0. The van der Waals surface area contributed by atoms with E-state index in [-0.39, 0.29) is 0 Å². The van der Waals surface area contributed by atoms with Crippen molar-refractivity contribution >= 4 is 11.6 Å². The van der Waals surface area contributed by atoms with Crippen LogP contribution in [0.1, 0.15) is 12.5 Å². The molecule has 0 bridgehead atoms. The normalized spacial score (nSPS) is 12.7. The molecule has 1 atom stereocenters. The molecule has 0 aromatic heterocycles. The van der Waals surface area contributed by atoms with Gasteiger partial charge in [0.25, 0.3) is 0 Å². The fourth-order valence-corrected chi connectivity index (χ4v) is 1.75. The van der Waals surface area contributed by atoms with E-state index in [0.29, 0.717) is 6.04 Å². The molecule has 0 aliphatic heterocycles. The highest BCUT2D eigenvalue weighted by atomic mass is 35.5. The molecule has 2 nitrogen and oxygen atoms in total. The molecule has 15 heavy (non-hydrogen) atoms. The largest absolute Gasteiger partial charge is 0.318 e. The lowest BCUT2D eigenvalue weighted by molar-refractivity contribution is 0.526. The second kappa shape index (κ2) is 6.83. The molecule has 1 aromatic carbocycles. The number of halogens is 1. The third-order valence-electron chi connectivity index (χ3n) is 2.31. The summed E-state index contributed by atoms with van der Waals surface area (Å²) in [7, 11) is 1.97. The number of nitrogens with one attached hydrogen (secondary N) is 2. The van der Waals surface area contributed by atoms with Gasteiger partial charge in [-0.2, -0.15) is 0 Å². The summed E-state index contributed by atoms with van der Waals surface area (Å²) in [5, 5.41) is 7.40. The van der Waals surface area contributed by atoms with Crippen LogP contribution in [0.15, 0.2) is 24.3 Å². The van der Waals surface area contributed by atoms with Gasteiger partial charge in [-0.25, -0.2) is 0 Å². The standard InChI is InChI=1S/C12H19ClN2/c1-10(9-14-2)15-7-6-11-4-3-5-12(13)8-11/h3-5,8,10,14-15H,6-7,9H2,1-2H3. The van der Waals surface area contributed by atoms with Gasteiger partial charge in [-0.05, 0) is 44.6 Å². The van der Waals surface area contributed by atoms with Crippen LogP contribution >= 0.6 is 11.6 Å². The molecule has 84 valence electrons. The van der Waals surface area contributed by atoms with E-state index in [0.717, 1.165) is 24.5 Å². The Morgan fingerprint density at radius 2 is 2.20 bits per heavy atom. The van der Waals surface area contributed by atoms with Crippen LogP contribution in [-0.4, -0.2) is 26.2 Å². The van der Waals surface area contributed by atoms with E-state index in [9.17, 15) is 0 Å². The predicted molar refractivity (Wildman–Crippen MR) is 66.5 cm³/mol. The minimum atomic E-state index is 0.509. The molecule has 2 N–H and O–H groups in total. The maximum absolute atomic E-state index is 5.91. The smallest absolute Gasteiger partial charge is 0.0408 e. The molecule has 1 aromatic rings. The molecule has 0 fully saturated rings. The predicted octanol–water partition coefficient (Wildman–Crippen LogP) is 2.08. The van der Waals surface area contributed by atoms with Crippen LogP contribution in [0, 0.1) is 0 Å². The number of likely N-dealkylation sites (N-methyl/N-ethyl adjacent to an activating group) is 1. The Morgan fingerprint density at radius 3 is 2.87 bits per heavy atom. The van der Waals surface area contributed by atoms with Gasteiger partial charge in [-0.1, -0.05) is 23.7 Å². The minimum Gasteiger partial charge on any atom is -0.318 e. The number of hydrogen-bond acceptors (Lipinski definition) is 2. The van der Waals surface area contributed by atoms with Crippen LogP contribution in [0.5, 0.6) is 0 Å². The van der Waals surface area contributed by atoms with Crippen molar-refractivity contribution < 1.29 is 0 Å². The van der Waals surface area contributed by atoms with Gasteiger partial charge in [0.2, 0.25) is 0 Å². The Balaban J connectivity index is 2.25. The van der Waals surface area contributed by atoms with Gasteiger partial charge in [0.1, 0.15) is 0 Å². The third-order valence-corrected chi connectivity index (χ3v) is 2.54. The molecule has 3 heteroatoms. The van der Waals surface area contributed by atoms with Gasteiger partial charge in [0.15, 0.2) is 0 Å². The molecule has 0 aliphatic rings. The quantitative estimate of drug-likeness (QED) is 0.776. The van der Waals surface area contributed by atoms with Crippen LogP contribution in [0.2, 0.25) is 5.02 Å². The van der Waals surface area contributed by atoms with Crippen LogP contribution in [0.25, 0.3) is 0 Å². The summed E-state index contributed by atoms with van der Waals surface area (Å²) in [4.78, 5) is 0. The third kappa shape index (κ3) is 5.17. The van der Waals surface area contributed by atoms with Crippen LogP contribution in [-0.2, 0) is 6.42 Å². The van der Waals surface area contributed by atoms with Crippen molar-refractivity contribution in [1.82, 2.24) is 10.6 Å². The fraction of sp³-hybridized carbons (Fsp3) is 0.500. The zero-order valence-corrected chi connectivity index (χ0v) is 10.1. The topological polar surface area (TPSA) is 24.1 Å². The Labute approximate surface area is 97.0 Å². The first kappa shape index (κ1) is 12.5. The summed E-state index contributed by atoms with van der Waals surface area (Å²) in [6.45, 7) is 4.16. The van der Waals surface area contributed by atoms with Crippen molar-refractivity contribution in [2.75, 3.05) is 20.1 Å². The van der Waals surface area contributed by atoms with E-state index in [1.807, 2.05) is 25.2 Å². The Morgan fingerprint density at radius 1 is 1.40 bits per heavy atom. The summed E-state index contributed by atoms with van der Waals surface area (Å²) >= 11 is 5.91. The van der Waals surface area contributed by atoms with Crippen LogP contribution in [0.3, 0.4) is 0 Å². The van der Waals surface area contributed by atoms with Crippen molar-refractivity contribution in [2.24, 2.45) is 0 Å². The van der Waals surface area contributed by atoms with Crippen molar-refractivity contribution in [2.45, 2.75) is 19.4 Å². The highest BCUT2D eigenvalue weighted by Crippen LogP contribution is 2.10. The minimum absolute atomic E-state index is 0.509. The zero-order valence-electron chi connectivity index (χ0n) is 9.39. The average molecular weight is 227 g/mol. The molecule has 1 rings (SSSR count). The summed E-state index contributed by atoms with van der Waals surface area (Å²) in [6.07, 6.45) is 1.02. The highest BCUT2D eigenvalue weighted by Gasteiger charge is 1.99. The van der Waals surface area contributed by atoms with Gasteiger partial charge >= 0.3 is 0 Å². The van der Waals surface area contributed by atoms with Crippen molar-refractivity contribution in [1.29, 1.82) is 0 Å². The van der Waals surface area contributed by atoms with Crippen LogP contribution < -0.4 is 10.6 Å². The average Bonchev–Trinajstić information content (AvgIpc) is 2.18. The molecule has 0 saturated carbocycles.